The first-order chi connectivity index (χ1) is 14.1. The second-order valence-corrected chi connectivity index (χ2v) is 7.48. The second-order valence-electron chi connectivity index (χ2n) is 6.47. The predicted octanol–water partition coefficient (Wildman–Crippen LogP) is 3.12. The highest BCUT2D eigenvalue weighted by atomic mass is 32.1. The van der Waals surface area contributed by atoms with E-state index in [2.05, 4.69) is 10.3 Å². The van der Waals surface area contributed by atoms with Gasteiger partial charge < -0.3 is 19.4 Å². The van der Waals surface area contributed by atoms with Gasteiger partial charge in [-0.3, -0.25) is 9.69 Å². The molecule has 150 valence electrons. The van der Waals surface area contributed by atoms with Crippen LogP contribution in [-0.2, 0) is 13.1 Å². The molecule has 3 aromatic rings. The molecular formula is C20H20N4O4S. The summed E-state index contributed by atoms with van der Waals surface area (Å²) in [6.45, 7) is 1.96. The van der Waals surface area contributed by atoms with Gasteiger partial charge in [0.15, 0.2) is 5.13 Å². The molecule has 0 bridgehead atoms. The molecule has 0 unspecified atom stereocenters. The molecule has 1 N–H and O–H groups in total. The van der Waals surface area contributed by atoms with Crippen LogP contribution in [0.25, 0.3) is 0 Å². The van der Waals surface area contributed by atoms with Gasteiger partial charge in [0, 0.05) is 19.6 Å². The number of rotatable bonds is 7. The molecule has 1 aromatic carbocycles. The van der Waals surface area contributed by atoms with Crippen LogP contribution in [0.2, 0.25) is 0 Å². The number of methoxy groups -OCH3 is 1. The van der Waals surface area contributed by atoms with Gasteiger partial charge in [0.25, 0.3) is 5.91 Å². The van der Waals surface area contributed by atoms with Crippen molar-refractivity contribution >= 4 is 28.4 Å². The number of thiazole rings is 1. The number of aromatic nitrogens is 1. The minimum Gasteiger partial charge on any atom is -0.497 e. The van der Waals surface area contributed by atoms with E-state index < -0.39 is 0 Å². The van der Waals surface area contributed by atoms with Crippen molar-refractivity contribution in [3.05, 3.63) is 65.1 Å². The van der Waals surface area contributed by atoms with Gasteiger partial charge in [-0.2, -0.15) is 0 Å². The van der Waals surface area contributed by atoms with Crippen LogP contribution in [0.3, 0.4) is 0 Å². The summed E-state index contributed by atoms with van der Waals surface area (Å²) in [7, 11) is 1.62. The zero-order valence-electron chi connectivity index (χ0n) is 15.8. The third-order valence-electron chi connectivity index (χ3n) is 4.58. The SMILES string of the molecule is COc1ccc(CN2CCN(c3ncc(C(=O)NCc4ccco4)s3)C2=O)cc1. The van der Waals surface area contributed by atoms with Crippen molar-refractivity contribution in [2.24, 2.45) is 0 Å². The van der Waals surface area contributed by atoms with E-state index >= 15 is 0 Å². The first-order valence-corrected chi connectivity index (χ1v) is 9.91. The Morgan fingerprint density at radius 1 is 1.28 bits per heavy atom. The van der Waals surface area contributed by atoms with Crippen molar-refractivity contribution in [1.29, 1.82) is 0 Å². The Morgan fingerprint density at radius 3 is 2.83 bits per heavy atom. The molecule has 4 rings (SSSR count). The number of hydrogen-bond acceptors (Lipinski definition) is 6. The van der Waals surface area contributed by atoms with Crippen molar-refractivity contribution in [2.75, 3.05) is 25.1 Å². The molecule has 0 spiro atoms. The molecular weight excluding hydrogens is 392 g/mol. The molecule has 0 saturated carbocycles. The minimum atomic E-state index is -0.244. The van der Waals surface area contributed by atoms with Gasteiger partial charge in [-0.15, -0.1) is 0 Å². The fraction of sp³-hybridized carbons (Fsp3) is 0.250. The lowest BCUT2D eigenvalue weighted by molar-refractivity contribution is 0.0952. The van der Waals surface area contributed by atoms with Crippen LogP contribution in [0.1, 0.15) is 21.0 Å². The quantitative estimate of drug-likeness (QED) is 0.644. The molecule has 3 amide bonds. The van der Waals surface area contributed by atoms with Crippen molar-refractivity contribution in [3.63, 3.8) is 0 Å². The average Bonchev–Trinajstić information content (AvgIpc) is 3.49. The lowest BCUT2D eigenvalue weighted by Crippen LogP contribution is -2.31. The van der Waals surface area contributed by atoms with E-state index in [9.17, 15) is 9.59 Å². The number of hydrogen-bond donors (Lipinski definition) is 1. The van der Waals surface area contributed by atoms with E-state index in [1.807, 2.05) is 24.3 Å². The van der Waals surface area contributed by atoms with E-state index in [0.29, 0.717) is 41.9 Å². The highest BCUT2D eigenvalue weighted by molar-refractivity contribution is 7.17. The van der Waals surface area contributed by atoms with Crippen LogP contribution >= 0.6 is 11.3 Å². The summed E-state index contributed by atoms with van der Waals surface area (Å²) in [5, 5.41) is 3.30. The molecule has 0 radical (unpaired) electrons. The summed E-state index contributed by atoms with van der Waals surface area (Å²) < 4.78 is 10.4. The first-order valence-electron chi connectivity index (χ1n) is 9.10. The number of carbonyl (C=O) groups excluding carboxylic acids is 2. The molecule has 0 atom stereocenters. The van der Waals surface area contributed by atoms with E-state index in [-0.39, 0.29) is 11.9 Å². The summed E-state index contributed by atoms with van der Waals surface area (Å²) in [6, 6.07) is 11.1. The van der Waals surface area contributed by atoms with Crippen LogP contribution in [0.15, 0.2) is 53.3 Å². The number of ether oxygens (including phenoxy) is 1. The number of benzene rings is 1. The summed E-state index contributed by atoms with van der Waals surface area (Å²) in [4.78, 5) is 33.2. The standard InChI is InChI=1S/C20H20N4O4S/c1-27-15-6-4-14(5-7-15)13-23-8-9-24(20(23)26)19-22-12-17(29-19)18(25)21-11-16-3-2-10-28-16/h2-7,10,12H,8-9,11,13H2,1H3,(H,21,25). The summed E-state index contributed by atoms with van der Waals surface area (Å²) in [6.07, 6.45) is 3.06. The molecule has 8 nitrogen and oxygen atoms in total. The van der Waals surface area contributed by atoms with Gasteiger partial charge in [0.05, 0.1) is 26.1 Å². The minimum absolute atomic E-state index is 0.113. The third kappa shape index (κ3) is 4.24. The van der Waals surface area contributed by atoms with Crippen LogP contribution < -0.4 is 15.0 Å². The lowest BCUT2D eigenvalue weighted by atomic mass is 10.2. The van der Waals surface area contributed by atoms with Gasteiger partial charge >= 0.3 is 6.03 Å². The topological polar surface area (TPSA) is 87.9 Å². The number of urea groups is 1. The smallest absolute Gasteiger partial charge is 0.326 e. The summed E-state index contributed by atoms with van der Waals surface area (Å²) in [5.74, 6) is 1.21. The van der Waals surface area contributed by atoms with Crippen molar-refractivity contribution < 1.29 is 18.7 Å². The maximum absolute atomic E-state index is 12.8. The van der Waals surface area contributed by atoms with Gasteiger partial charge in [-0.1, -0.05) is 23.5 Å². The van der Waals surface area contributed by atoms with Crippen LogP contribution in [0, 0.1) is 0 Å². The first kappa shape index (κ1) is 19.0. The van der Waals surface area contributed by atoms with Crippen molar-refractivity contribution in [2.45, 2.75) is 13.1 Å². The zero-order valence-corrected chi connectivity index (χ0v) is 16.6. The van der Waals surface area contributed by atoms with Gasteiger partial charge in [-0.25, -0.2) is 9.78 Å². The van der Waals surface area contributed by atoms with E-state index in [1.54, 1.807) is 35.3 Å². The van der Waals surface area contributed by atoms with Gasteiger partial charge in [-0.05, 0) is 29.8 Å². The number of furan rings is 1. The Morgan fingerprint density at radius 2 is 2.10 bits per heavy atom. The Balaban J connectivity index is 1.36. The Bertz CT molecular complexity index is 984. The van der Waals surface area contributed by atoms with Crippen molar-refractivity contribution in [1.82, 2.24) is 15.2 Å². The van der Waals surface area contributed by atoms with E-state index in [4.69, 9.17) is 9.15 Å². The van der Waals surface area contributed by atoms with Crippen LogP contribution in [-0.4, -0.2) is 42.0 Å². The Hall–Kier alpha value is -3.33. The van der Waals surface area contributed by atoms with E-state index in [0.717, 1.165) is 11.3 Å². The number of anilines is 1. The molecule has 2 aromatic heterocycles. The monoisotopic (exact) mass is 412 g/mol. The summed E-state index contributed by atoms with van der Waals surface area (Å²) >= 11 is 1.20. The average molecular weight is 412 g/mol. The number of carbonyl (C=O) groups is 2. The number of nitrogens with one attached hydrogen (secondary N) is 1. The molecule has 1 aliphatic rings. The van der Waals surface area contributed by atoms with Gasteiger partial charge in [0.2, 0.25) is 0 Å². The molecule has 9 heteroatoms. The second kappa shape index (κ2) is 8.36. The third-order valence-corrected chi connectivity index (χ3v) is 5.60. The fourth-order valence-corrected chi connectivity index (χ4v) is 3.87. The maximum Gasteiger partial charge on any atom is 0.326 e. The Kier molecular flexibility index (Phi) is 5.48. The van der Waals surface area contributed by atoms with Crippen LogP contribution in [0.5, 0.6) is 5.75 Å². The van der Waals surface area contributed by atoms with E-state index in [1.165, 1.54) is 17.5 Å². The molecule has 1 fully saturated rings. The predicted molar refractivity (Wildman–Crippen MR) is 108 cm³/mol. The molecule has 0 aliphatic carbocycles. The highest BCUT2D eigenvalue weighted by Crippen LogP contribution is 2.27. The fourth-order valence-electron chi connectivity index (χ4n) is 3.02. The zero-order chi connectivity index (χ0) is 20.2. The molecule has 1 aliphatic heterocycles. The molecule has 3 heterocycles. The van der Waals surface area contributed by atoms with Gasteiger partial charge in [0.1, 0.15) is 16.4 Å². The van der Waals surface area contributed by atoms with Crippen molar-refractivity contribution in [3.8, 4) is 5.75 Å². The van der Waals surface area contributed by atoms with Crippen LogP contribution in [0.4, 0.5) is 9.93 Å². The lowest BCUT2D eigenvalue weighted by Gasteiger charge is -2.17. The maximum atomic E-state index is 12.8. The number of nitrogens with zero attached hydrogens (tertiary/aromatic N) is 3. The largest absolute Gasteiger partial charge is 0.497 e. The molecule has 1 saturated heterocycles. The summed E-state index contributed by atoms with van der Waals surface area (Å²) in [5.41, 5.74) is 1.03. The normalized spacial score (nSPS) is 13.8. The Labute approximate surface area is 171 Å². The molecule has 29 heavy (non-hydrogen) atoms. The number of amides is 3. The highest BCUT2D eigenvalue weighted by Gasteiger charge is 2.31.